The molecule has 2 atom stereocenters. The summed E-state index contributed by atoms with van der Waals surface area (Å²) in [5.74, 6) is 1.09. The third-order valence-corrected chi connectivity index (χ3v) is 2.78. The minimum Gasteiger partial charge on any atom is -0.337 e. The lowest BCUT2D eigenvalue weighted by atomic mass is 10.1. The van der Waals surface area contributed by atoms with Crippen LogP contribution in [-0.4, -0.2) is 33.6 Å². The Labute approximate surface area is 92.1 Å². The maximum absolute atomic E-state index is 5.79. The van der Waals surface area contributed by atoms with Crippen molar-refractivity contribution in [1.29, 1.82) is 0 Å². The van der Waals surface area contributed by atoms with Gasteiger partial charge >= 0.3 is 0 Å². The van der Waals surface area contributed by atoms with Crippen LogP contribution in [0.1, 0.15) is 26.1 Å². The van der Waals surface area contributed by atoms with Crippen LogP contribution >= 0.6 is 0 Å². The molecule has 0 amide bonds. The van der Waals surface area contributed by atoms with E-state index in [-0.39, 0.29) is 6.04 Å². The molecule has 86 valence electrons. The van der Waals surface area contributed by atoms with E-state index >= 15 is 0 Å². The molecule has 1 heterocycles. The lowest BCUT2D eigenvalue weighted by Crippen LogP contribution is -2.34. The van der Waals surface area contributed by atoms with E-state index in [2.05, 4.69) is 28.4 Å². The van der Waals surface area contributed by atoms with Crippen LogP contribution < -0.4 is 5.73 Å². The Morgan fingerprint density at radius 1 is 1.53 bits per heavy atom. The molecule has 0 fully saturated rings. The monoisotopic (exact) mass is 210 g/mol. The normalized spacial score (nSPS) is 15.6. The number of nitrogens with zero attached hydrogens (tertiary/aromatic N) is 3. The minimum absolute atomic E-state index is 0.254. The maximum atomic E-state index is 5.79. The summed E-state index contributed by atoms with van der Waals surface area (Å²) in [5, 5.41) is 0. The average molecular weight is 210 g/mol. The first-order valence-electron chi connectivity index (χ1n) is 5.42. The largest absolute Gasteiger partial charge is 0.337 e. The van der Waals surface area contributed by atoms with E-state index < -0.39 is 0 Å². The Balaban J connectivity index is 2.48. The first-order valence-corrected chi connectivity index (χ1v) is 5.42. The van der Waals surface area contributed by atoms with Gasteiger partial charge in [0.25, 0.3) is 0 Å². The molecule has 0 spiro atoms. The SMILES string of the molecule is CC(N)CC(C)N(C)Cc1nccn1C. The molecule has 15 heavy (non-hydrogen) atoms. The van der Waals surface area contributed by atoms with Crippen molar-refractivity contribution in [3.05, 3.63) is 18.2 Å². The Kier molecular flexibility index (Phi) is 4.29. The first-order chi connectivity index (χ1) is 7.00. The van der Waals surface area contributed by atoms with Crippen LogP contribution in [-0.2, 0) is 13.6 Å². The van der Waals surface area contributed by atoms with Gasteiger partial charge in [0.15, 0.2) is 0 Å². The molecule has 0 bridgehead atoms. The van der Waals surface area contributed by atoms with Crippen molar-refractivity contribution in [3.8, 4) is 0 Å². The Morgan fingerprint density at radius 2 is 2.20 bits per heavy atom. The van der Waals surface area contributed by atoms with Gasteiger partial charge in [-0.05, 0) is 27.3 Å². The van der Waals surface area contributed by atoms with Crippen molar-refractivity contribution in [2.24, 2.45) is 12.8 Å². The molecule has 0 saturated heterocycles. The highest BCUT2D eigenvalue weighted by Gasteiger charge is 2.12. The Hall–Kier alpha value is -0.870. The fourth-order valence-corrected chi connectivity index (χ4v) is 1.65. The smallest absolute Gasteiger partial charge is 0.122 e. The fraction of sp³-hybridized carbons (Fsp3) is 0.727. The molecule has 0 radical (unpaired) electrons. The third kappa shape index (κ3) is 3.64. The van der Waals surface area contributed by atoms with Crippen LogP contribution in [0.15, 0.2) is 12.4 Å². The molecule has 1 aromatic heterocycles. The molecule has 0 aliphatic carbocycles. The highest BCUT2D eigenvalue weighted by Crippen LogP contribution is 2.07. The van der Waals surface area contributed by atoms with Crippen molar-refractivity contribution in [3.63, 3.8) is 0 Å². The molecule has 0 aromatic carbocycles. The van der Waals surface area contributed by atoms with Crippen LogP contribution in [0.4, 0.5) is 0 Å². The molecule has 1 rings (SSSR count). The van der Waals surface area contributed by atoms with Gasteiger partial charge in [0.1, 0.15) is 5.82 Å². The number of aryl methyl sites for hydroxylation is 1. The van der Waals surface area contributed by atoms with Crippen molar-refractivity contribution in [2.45, 2.75) is 38.9 Å². The van der Waals surface area contributed by atoms with Crippen molar-refractivity contribution >= 4 is 0 Å². The topological polar surface area (TPSA) is 47.1 Å². The van der Waals surface area contributed by atoms with Crippen LogP contribution in [0, 0.1) is 0 Å². The summed E-state index contributed by atoms with van der Waals surface area (Å²) in [6.45, 7) is 5.12. The quantitative estimate of drug-likeness (QED) is 0.788. The fourth-order valence-electron chi connectivity index (χ4n) is 1.65. The molecular formula is C11H22N4. The third-order valence-electron chi connectivity index (χ3n) is 2.78. The molecule has 1 aromatic rings. The van der Waals surface area contributed by atoms with Crippen molar-refractivity contribution in [1.82, 2.24) is 14.5 Å². The van der Waals surface area contributed by atoms with Gasteiger partial charge in [-0.25, -0.2) is 4.98 Å². The predicted octanol–water partition coefficient (Wildman–Crippen LogP) is 0.978. The number of imidazole rings is 1. The molecule has 0 aliphatic heterocycles. The molecule has 0 aliphatic rings. The summed E-state index contributed by atoms with van der Waals surface area (Å²) >= 11 is 0. The zero-order valence-electron chi connectivity index (χ0n) is 10.1. The summed E-state index contributed by atoms with van der Waals surface area (Å²) in [6, 6.07) is 0.741. The number of hydrogen-bond donors (Lipinski definition) is 1. The van der Waals surface area contributed by atoms with Gasteiger partial charge in [-0.3, -0.25) is 4.90 Å². The Bertz CT molecular complexity index is 293. The molecular weight excluding hydrogens is 188 g/mol. The van der Waals surface area contributed by atoms with Gasteiger partial charge in [0.2, 0.25) is 0 Å². The number of aromatic nitrogens is 2. The minimum atomic E-state index is 0.254. The summed E-state index contributed by atoms with van der Waals surface area (Å²) in [4.78, 5) is 6.59. The highest BCUT2D eigenvalue weighted by molar-refractivity contribution is 4.91. The predicted molar refractivity (Wildman–Crippen MR) is 62.4 cm³/mol. The van der Waals surface area contributed by atoms with E-state index in [0.29, 0.717) is 6.04 Å². The Morgan fingerprint density at radius 3 is 2.67 bits per heavy atom. The number of hydrogen-bond acceptors (Lipinski definition) is 3. The standard InChI is InChI=1S/C11H22N4/c1-9(12)7-10(2)15(4)8-11-13-5-6-14(11)3/h5-6,9-10H,7-8,12H2,1-4H3. The van der Waals surface area contributed by atoms with E-state index in [0.717, 1.165) is 18.8 Å². The zero-order valence-corrected chi connectivity index (χ0v) is 10.1. The maximum Gasteiger partial charge on any atom is 0.122 e. The van der Waals surface area contributed by atoms with Gasteiger partial charge in [0.05, 0.1) is 6.54 Å². The van der Waals surface area contributed by atoms with Gasteiger partial charge < -0.3 is 10.3 Å². The molecule has 0 saturated carbocycles. The van der Waals surface area contributed by atoms with Gasteiger partial charge in [-0.2, -0.15) is 0 Å². The molecule has 4 heteroatoms. The van der Waals surface area contributed by atoms with Crippen LogP contribution in [0.2, 0.25) is 0 Å². The van der Waals surface area contributed by atoms with E-state index in [4.69, 9.17) is 5.73 Å². The molecule has 4 nitrogen and oxygen atoms in total. The molecule has 2 N–H and O–H groups in total. The highest BCUT2D eigenvalue weighted by atomic mass is 15.2. The second kappa shape index (κ2) is 5.28. The van der Waals surface area contributed by atoms with Crippen LogP contribution in [0.25, 0.3) is 0 Å². The van der Waals surface area contributed by atoms with Gasteiger partial charge in [0, 0.05) is 31.5 Å². The van der Waals surface area contributed by atoms with E-state index in [1.807, 2.05) is 26.4 Å². The van der Waals surface area contributed by atoms with Gasteiger partial charge in [-0.1, -0.05) is 0 Å². The number of rotatable bonds is 5. The van der Waals surface area contributed by atoms with E-state index in [1.165, 1.54) is 0 Å². The van der Waals surface area contributed by atoms with Crippen LogP contribution in [0.5, 0.6) is 0 Å². The summed E-state index contributed by atoms with van der Waals surface area (Å²) in [5.41, 5.74) is 5.79. The first kappa shape index (κ1) is 12.2. The molecule has 2 unspecified atom stereocenters. The van der Waals surface area contributed by atoms with Gasteiger partial charge in [-0.15, -0.1) is 0 Å². The lowest BCUT2D eigenvalue weighted by Gasteiger charge is -2.25. The lowest BCUT2D eigenvalue weighted by molar-refractivity contribution is 0.223. The van der Waals surface area contributed by atoms with Crippen molar-refractivity contribution in [2.75, 3.05) is 7.05 Å². The zero-order chi connectivity index (χ0) is 11.4. The summed E-state index contributed by atoms with van der Waals surface area (Å²) < 4.78 is 2.05. The van der Waals surface area contributed by atoms with Crippen molar-refractivity contribution < 1.29 is 0 Å². The van der Waals surface area contributed by atoms with E-state index in [9.17, 15) is 0 Å². The second-order valence-corrected chi connectivity index (χ2v) is 4.43. The van der Waals surface area contributed by atoms with E-state index in [1.54, 1.807) is 0 Å². The summed E-state index contributed by atoms with van der Waals surface area (Å²) in [7, 11) is 4.13. The number of nitrogens with two attached hydrogens (primary N) is 1. The second-order valence-electron chi connectivity index (χ2n) is 4.43. The average Bonchev–Trinajstić information content (AvgIpc) is 2.50. The van der Waals surface area contributed by atoms with Crippen LogP contribution in [0.3, 0.4) is 0 Å². The summed E-state index contributed by atoms with van der Waals surface area (Å²) in [6.07, 6.45) is 4.82.